The average molecular weight is 483 g/mol. The summed E-state index contributed by atoms with van der Waals surface area (Å²) in [4.78, 5) is 17.0. The molecule has 0 bridgehead atoms. The van der Waals surface area contributed by atoms with Crippen molar-refractivity contribution < 1.29 is 9.53 Å². The second kappa shape index (κ2) is 13.6. The third-order valence-corrected chi connectivity index (χ3v) is 6.88. The Balaban J connectivity index is 1.54. The zero-order valence-electron chi connectivity index (χ0n) is 21.9. The van der Waals surface area contributed by atoms with E-state index >= 15 is 0 Å². The molecule has 1 unspecified atom stereocenters. The molecular weight excluding hydrogens is 444 g/mol. The lowest BCUT2D eigenvalue weighted by Gasteiger charge is -2.17. The number of aryl methyl sites for hydroxylation is 1. The number of benzene rings is 2. The molecule has 4 nitrogen and oxygen atoms in total. The summed E-state index contributed by atoms with van der Waals surface area (Å²) in [6.45, 7) is 5.66. The fourth-order valence-electron chi connectivity index (χ4n) is 4.07. The summed E-state index contributed by atoms with van der Waals surface area (Å²) in [7, 11) is 0. The average Bonchev–Trinajstić information content (AvgIpc) is 2.93. The molecule has 0 aliphatic heterocycles. The number of unbranched alkanes of at least 4 members (excludes halogenated alkanes) is 6. The molecule has 0 aliphatic carbocycles. The van der Waals surface area contributed by atoms with Crippen LogP contribution in [0.3, 0.4) is 0 Å². The van der Waals surface area contributed by atoms with Crippen LogP contribution in [0.4, 0.5) is 0 Å². The lowest BCUT2D eigenvalue weighted by molar-refractivity contribution is -0.141. The highest BCUT2D eigenvalue weighted by molar-refractivity contribution is 5.81. The highest BCUT2D eigenvalue weighted by Gasteiger charge is 2.33. The first kappa shape index (κ1) is 27.1. The van der Waals surface area contributed by atoms with Gasteiger partial charge in [0.05, 0.1) is 11.8 Å². The van der Waals surface area contributed by atoms with Crippen molar-refractivity contribution in [2.75, 3.05) is 0 Å². The van der Waals surface area contributed by atoms with Gasteiger partial charge in [-0.2, -0.15) is 5.26 Å². The van der Waals surface area contributed by atoms with Gasteiger partial charge in [0.15, 0.2) is 5.41 Å². The van der Waals surface area contributed by atoms with E-state index in [-0.39, 0.29) is 0 Å². The SMILES string of the molecule is CCCCCCCCCc1ccc(-c2ccc(-c3ccc(OC(=O)C(C)(C#N)CC)cc3)cc2)nc1. The monoisotopic (exact) mass is 482 g/mol. The number of pyridine rings is 1. The molecule has 188 valence electrons. The highest BCUT2D eigenvalue weighted by atomic mass is 16.5. The number of hydrogen-bond donors (Lipinski definition) is 0. The van der Waals surface area contributed by atoms with Gasteiger partial charge < -0.3 is 4.74 Å². The Morgan fingerprint density at radius 3 is 1.97 bits per heavy atom. The lowest BCUT2D eigenvalue weighted by Crippen LogP contribution is -2.29. The Bertz CT molecular complexity index is 1130. The van der Waals surface area contributed by atoms with Crippen molar-refractivity contribution in [3.8, 4) is 34.2 Å². The van der Waals surface area contributed by atoms with E-state index in [0.29, 0.717) is 12.2 Å². The van der Waals surface area contributed by atoms with Crippen molar-refractivity contribution in [2.45, 2.75) is 78.6 Å². The minimum atomic E-state index is -1.13. The van der Waals surface area contributed by atoms with Crippen LogP contribution in [0.2, 0.25) is 0 Å². The van der Waals surface area contributed by atoms with Gasteiger partial charge in [0.25, 0.3) is 0 Å². The van der Waals surface area contributed by atoms with Gasteiger partial charge in [-0.15, -0.1) is 0 Å². The molecule has 0 fully saturated rings. The smallest absolute Gasteiger partial charge is 0.331 e. The Labute approximate surface area is 216 Å². The number of nitriles is 1. The van der Waals surface area contributed by atoms with Crippen molar-refractivity contribution in [2.24, 2.45) is 5.41 Å². The quantitative estimate of drug-likeness (QED) is 0.139. The van der Waals surface area contributed by atoms with Gasteiger partial charge in [0.2, 0.25) is 0 Å². The Morgan fingerprint density at radius 2 is 1.42 bits per heavy atom. The van der Waals surface area contributed by atoms with E-state index in [2.05, 4.69) is 43.3 Å². The summed E-state index contributed by atoms with van der Waals surface area (Å²) in [5.41, 5.74) is 4.33. The number of hydrogen-bond acceptors (Lipinski definition) is 4. The normalized spacial score (nSPS) is 12.5. The molecule has 0 saturated carbocycles. The summed E-state index contributed by atoms with van der Waals surface area (Å²) in [6.07, 6.45) is 12.8. The van der Waals surface area contributed by atoms with Crippen molar-refractivity contribution in [1.29, 1.82) is 5.26 Å². The molecule has 3 aromatic rings. The van der Waals surface area contributed by atoms with Gasteiger partial charge in [-0.3, -0.25) is 4.98 Å². The van der Waals surface area contributed by atoms with Gasteiger partial charge in [0.1, 0.15) is 5.75 Å². The number of esters is 1. The second-order valence-electron chi connectivity index (χ2n) is 9.71. The van der Waals surface area contributed by atoms with Crippen molar-refractivity contribution in [1.82, 2.24) is 4.98 Å². The maximum absolute atomic E-state index is 12.3. The zero-order chi connectivity index (χ0) is 25.8. The van der Waals surface area contributed by atoms with Gasteiger partial charge in [-0.1, -0.05) is 94.8 Å². The fourth-order valence-corrected chi connectivity index (χ4v) is 4.07. The maximum Gasteiger partial charge on any atom is 0.331 e. The third-order valence-electron chi connectivity index (χ3n) is 6.88. The first-order valence-corrected chi connectivity index (χ1v) is 13.3. The molecule has 4 heteroatoms. The van der Waals surface area contributed by atoms with Crippen LogP contribution in [0.5, 0.6) is 5.75 Å². The van der Waals surface area contributed by atoms with Crippen LogP contribution in [0.15, 0.2) is 66.9 Å². The second-order valence-corrected chi connectivity index (χ2v) is 9.71. The predicted molar refractivity (Wildman–Crippen MR) is 146 cm³/mol. The minimum absolute atomic E-state index is 0.406. The molecule has 1 aromatic heterocycles. The van der Waals surface area contributed by atoms with Crippen LogP contribution in [0.1, 0.15) is 77.7 Å². The molecule has 0 radical (unpaired) electrons. The van der Waals surface area contributed by atoms with E-state index in [9.17, 15) is 10.1 Å². The number of nitrogens with zero attached hydrogens (tertiary/aromatic N) is 2. The van der Waals surface area contributed by atoms with Gasteiger partial charge in [-0.25, -0.2) is 4.79 Å². The van der Waals surface area contributed by atoms with E-state index in [1.54, 1.807) is 26.0 Å². The zero-order valence-corrected chi connectivity index (χ0v) is 21.9. The molecule has 3 rings (SSSR count). The van der Waals surface area contributed by atoms with Crippen LogP contribution in [0, 0.1) is 16.7 Å². The first-order chi connectivity index (χ1) is 17.5. The molecule has 0 amide bonds. The molecule has 0 saturated heterocycles. The Morgan fingerprint density at radius 1 is 0.833 bits per heavy atom. The largest absolute Gasteiger partial charge is 0.425 e. The van der Waals surface area contributed by atoms with Crippen LogP contribution < -0.4 is 4.74 Å². The molecule has 1 atom stereocenters. The van der Waals surface area contributed by atoms with Crippen LogP contribution >= 0.6 is 0 Å². The summed E-state index contributed by atoms with van der Waals surface area (Å²) in [6, 6.07) is 22.0. The van der Waals surface area contributed by atoms with Crippen LogP contribution in [-0.2, 0) is 11.2 Å². The Kier molecular flexibility index (Phi) is 10.2. The fraction of sp³-hybridized carbons (Fsp3) is 0.406. The van der Waals surface area contributed by atoms with Gasteiger partial charge >= 0.3 is 5.97 Å². The number of carbonyl (C=O) groups is 1. The van der Waals surface area contributed by atoms with E-state index < -0.39 is 11.4 Å². The standard InChI is InChI=1S/C32H38N2O2/c1-4-6-7-8-9-10-11-12-25-13-22-30(34-23-25)28-16-14-26(15-17-28)27-18-20-29(21-19-27)36-31(35)32(3,5-2)24-33/h13-23H,4-12H2,1-3H3. The summed E-state index contributed by atoms with van der Waals surface area (Å²) >= 11 is 0. The summed E-state index contributed by atoms with van der Waals surface area (Å²) < 4.78 is 5.42. The van der Waals surface area contributed by atoms with Crippen molar-refractivity contribution in [3.63, 3.8) is 0 Å². The molecule has 2 aromatic carbocycles. The summed E-state index contributed by atoms with van der Waals surface area (Å²) in [5, 5.41) is 9.26. The number of carbonyl (C=O) groups excluding carboxylic acids is 1. The third kappa shape index (κ3) is 7.52. The molecule has 0 spiro atoms. The Hall–Kier alpha value is -3.45. The van der Waals surface area contributed by atoms with Crippen LogP contribution in [-0.4, -0.2) is 11.0 Å². The molecule has 36 heavy (non-hydrogen) atoms. The number of aromatic nitrogens is 1. The maximum atomic E-state index is 12.3. The van der Waals surface area contributed by atoms with Crippen LogP contribution in [0.25, 0.3) is 22.4 Å². The van der Waals surface area contributed by atoms with E-state index in [0.717, 1.165) is 28.8 Å². The molecule has 0 aliphatic rings. The van der Waals surface area contributed by atoms with E-state index in [4.69, 9.17) is 9.72 Å². The molecule has 0 N–H and O–H groups in total. The molecular formula is C32H38N2O2. The minimum Gasteiger partial charge on any atom is -0.425 e. The van der Waals surface area contributed by atoms with Gasteiger partial charge in [0, 0.05) is 11.8 Å². The lowest BCUT2D eigenvalue weighted by atomic mass is 9.90. The first-order valence-electron chi connectivity index (χ1n) is 13.3. The van der Waals surface area contributed by atoms with Crippen molar-refractivity contribution in [3.05, 3.63) is 72.4 Å². The number of ether oxygens (including phenoxy) is 1. The van der Waals surface area contributed by atoms with E-state index in [1.807, 2.05) is 24.4 Å². The highest BCUT2D eigenvalue weighted by Crippen LogP contribution is 2.28. The van der Waals surface area contributed by atoms with Gasteiger partial charge in [-0.05, 0) is 61.1 Å². The number of rotatable bonds is 13. The predicted octanol–water partition coefficient (Wildman–Crippen LogP) is 8.55. The topological polar surface area (TPSA) is 63.0 Å². The summed E-state index contributed by atoms with van der Waals surface area (Å²) in [5.74, 6) is -0.0818. The van der Waals surface area contributed by atoms with E-state index in [1.165, 1.54) is 50.5 Å². The molecule has 1 heterocycles. The van der Waals surface area contributed by atoms with Crippen molar-refractivity contribution >= 4 is 5.97 Å².